The van der Waals surface area contributed by atoms with Crippen molar-refractivity contribution >= 4 is 11.6 Å². The van der Waals surface area contributed by atoms with Gasteiger partial charge in [-0.3, -0.25) is 0 Å². The Labute approximate surface area is 89.2 Å². The van der Waals surface area contributed by atoms with Crippen LogP contribution < -0.4 is 0 Å². The number of allylic oxidation sites excluding steroid dienone is 1. The first kappa shape index (κ1) is 9.20. The van der Waals surface area contributed by atoms with Crippen molar-refractivity contribution < 1.29 is 9.47 Å². The molecule has 1 heterocycles. The molecule has 5 atom stereocenters. The fourth-order valence-corrected chi connectivity index (χ4v) is 3.30. The fourth-order valence-electron chi connectivity index (χ4n) is 2.85. The van der Waals surface area contributed by atoms with Gasteiger partial charge in [-0.2, -0.15) is 0 Å². The summed E-state index contributed by atoms with van der Waals surface area (Å²) >= 11 is 6.40. The van der Waals surface area contributed by atoms with Gasteiger partial charge in [0.05, 0.1) is 17.6 Å². The first-order valence-corrected chi connectivity index (χ1v) is 5.75. The highest BCUT2D eigenvalue weighted by molar-refractivity contribution is 6.22. The Morgan fingerprint density at radius 2 is 1.86 bits per heavy atom. The number of halogens is 1. The molecular formula is C11H15ClO2. The third-order valence-corrected chi connectivity index (χ3v) is 4.42. The fraction of sp³-hybridized carbons (Fsp3) is 0.818. The second-order valence-corrected chi connectivity index (χ2v) is 5.13. The molecule has 2 bridgehead atoms. The molecule has 78 valence electrons. The lowest BCUT2D eigenvalue weighted by Crippen LogP contribution is -2.44. The van der Waals surface area contributed by atoms with Crippen LogP contribution in [0.3, 0.4) is 0 Å². The molecule has 1 saturated heterocycles. The molecule has 0 aromatic carbocycles. The molecule has 2 aliphatic carbocycles. The largest absolute Gasteiger partial charge is 0.342 e. The third-order valence-electron chi connectivity index (χ3n) is 3.80. The Balaban J connectivity index is 1.95. The molecule has 14 heavy (non-hydrogen) atoms. The van der Waals surface area contributed by atoms with Gasteiger partial charge in [0.15, 0.2) is 5.79 Å². The van der Waals surface area contributed by atoms with Gasteiger partial charge in [-0.15, -0.1) is 11.6 Å². The van der Waals surface area contributed by atoms with Gasteiger partial charge in [0.25, 0.3) is 0 Å². The standard InChI is InChI=1S/C11H15ClO2/c1-6-7(2)14-11(13-6)9-4-3-8(5-9)10(11)12/h3-4,6-10H,5H2,1-2H3. The molecule has 0 N–H and O–H groups in total. The minimum absolute atomic E-state index is 0.00935. The summed E-state index contributed by atoms with van der Waals surface area (Å²) in [5, 5.41) is -0.00935. The summed E-state index contributed by atoms with van der Waals surface area (Å²) in [4.78, 5) is 0. The Hall–Kier alpha value is -0.0500. The molecule has 1 saturated carbocycles. The van der Waals surface area contributed by atoms with Crippen molar-refractivity contribution in [3.8, 4) is 0 Å². The van der Waals surface area contributed by atoms with Crippen LogP contribution >= 0.6 is 11.6 Å². The van der Waals surface area contributed by atoms with Gasteiger partial charge in [0.2, 0.25) is 0 Å². The number of alkyl halides is 1. The maximum atomic E-state index is 6.40. The predicted molar refractivity (Wildman–Crippen MR) is 54.2 cm³/mol. The average molecular weight is 215 g/mol. The van der Waals surface area contributed by atoms with Gasteiger partial charge >= 0.3 is 0 Å². The quantitative estimate of drug-likeness (QED) is 0.455. The molecule has 0 aromatic rings. The summed E-state index contributed by atoms with van der Waals surface area (Å²) in [6, 6.07) is 0. The van der Waals surface area contributed by atoms with Crippen molar-refractivity contribution in [2.45, 2.75) is 43.6 Å². The van der Waals surface area contributed by atoms with Crippen LogP contribution in [0.15, 0.2) is 12.2 Å². The van der Waals surface area contributed by atoms with Gasteiger partial charge in [-0.05, 0) is 26.2 Å². The van der Waals surface area contributed by atoms with E-state index in [1.807, 2.05) is 0 Å². The zero-order chi connectivity index (χ0) is 9.92. The number of rotatable bonds is 0. The minimum atomic E-state index is -0.514. The molecular weight excluding hydrogens is 200 g/mol. The molecule has 0 amide bonds. The van der Waals surface area contributed by atoms with E-state index in [0.717, 1.165) is 6.42 Å². The molecule has 3 aliphatic rings. The topological polar surface area (TPSA) is 18.5 Å². The van der Waals surface area contributed by atoms with Crippen LogP contribution in [-0.2, 0) is 9.47 Å². The number of fused-ring (bicyclic) bond motifs is 3. The zero-order valence-corrected chi connectivity index (χ0v) is 9.20. The van der Waals surface area contributed by atoms with Crippen molar-refractivity contribution in [2.24, 2.45) is 11.8 Å². The van der Waals surface area contributed by atoms with Crippen molar-refractivity contribution in [3.63, 3.8) is 0 Å². The maximum absolute atomic E-state index is 6.40. The van der Waals surface area contributed by atoms with Crippen LogP contribution in [0.2, 0.25) is 0 Å². The monoisotopic (exact) mass is 214 g/mol. The molecule has 2 fully saturated rings. The van der Waals surface area contributed by atoms with Crippen LogP contribution in [0.1, 0.15) is 20.3 Å². The van der Waals surface area contributed by atoms with E-state index in [0.29, 0.717) is 11.8 Å². The molecule has 3 rings (SSSR count). The highest BCUT2D eigenvalue weighted by Gasteiger charge is 2.62. The van der Waals surface area contributed by atoms with Crippen molar-refractivity contribution in [3.05, 3.63) is 12.2 Å². The summed E-state index contributed by atoms with van der Waals surface area (Å²) in [5.41, 5.74) is 0. The predicted octanol–water partition coefficient (Wildman–Crippen LogP) is 2.32. The number of hydrogen-bond acceptors (Lipinski definition) is 2. The van der Waals surface area contributed by atoms with Crippen molar-refractivity contribution in [1.82, 2.24) is 0 Å². The van der Waals surface area contributed by atoms with E-state index < -0.39 is 5.79 Å². The highest BCUT2D eigenvalue weighted by Crippen LogP contribution is 2.55. The summed E-state index contributed by atoms with van der Waals surface area (Å²) in [7, 11) is 0. The normalized spacial score (nSPS) is 60.4. The second kappa shape index (κ2) is 2.75. The molecule has 2 nitrogen and oxygen atoms in total. The van der Waals surface area contributed by atoms with E-state index >= 15 is 0 Å². The first-order chi connectivity index (χ1) is 6.63. The van der Waals surface area contributed by atoms with Gasteiger partial charge in [-0.25, -0.2) is 0 Å². The van der Waals surface area contributed by atoms with Crippen LogP contribution in [0, 0.1) is 11.8 Å². The second-order valence-electron chi connectivity index (χ2n) is 4.66. The average Bonchev–Trinajstić information content (AvgIpc) is 2.76. The molecule has 0 radical (unpaired) electrons. The molecule has 3 heteroatoms. The van der Waals surface area contributed by atoms with Crippen LogP contribution in [0.5, 0.6) is 0 Å². The summed E-state index contributed by atoms with van der Waals surface area (Å²) in [6.45, 7) is 4.11. The van der Waals surface area contributed by atoms with E-state index in [9.17, 15) is 0 Å². The number of hydrogen-bond donors (Lipinski definition) is 0. The zero-order valence-electron chi connectivity index (χ0n) is 8.44. The Morgan fingerprint density at radius 3 is 2.36 bits per heavy atom. The Kier molecular flexibility index (Phi) is 1.80. The van der Waals surface area contributed by atoms with Crippen LogP contribution in [-0.4, -0.2) is 23.4 Å². The third kappa shape index (κ3) is 0.944. The van der Waals surface area contributed by atoms with Crippen LogP contribution in [0.25, 0.3) is 0 Å². The van der Waals surface area contributed by atoms with Gasteiger partial charge in [0.1, 0.15) is 0 Å². The van der Waals surface area contributed by atoms with E-state index in [1.165, 1.54) is 0 Å². The van der Waals surface area contributed by atoms with Crippen LogP contribution in [0.4, 0.5) is 0 Å². The number of ether oxygens (including phenoxy) is 2. The Morgan fingerprint density at radius 1 is 1.21 bits per heavy atom. The SMILES string of the molecule is CC1OC2(OC1C)C1C=CC(C1)C2Cl. The summed E-state index contributed by atoms with van der Waals surface area (Å²) < 4.78 is 11.9. The highest BCUT2D eigenvalue weighted by atomic mass is 35.5. The lowest BCUT2D eigenvalue weighted by Gasteiger charge is -2.33. The van der Waals surface area contributed by atoms with Gasteiger partial charge in [-0.1, -0.05) is 12.2 Å². The van der Waals surface area contributed by atoms with Gasteiger partial charge < -0.3 is 9.47 Å². The summed E-state index contributed by atoms with van der Waals surface area (Å²) in [5.74, 6) is 0.293. The summed E-state index contributed by atoms with van der Waals surface area (Å²) in [6.07, 6.45) is 5.81. The van der Waals surface area contributed by atoms with E-state index in [4.69, 9.17) is 21.1 Å². The first-order valence-electron chi connectivity index (χ1n) is 5.31. The maximum Gasteiger partial charge on any atom is 0.192 e. The molecule has 1 aliphatic heterocycles. The minimum Gasteiger partial charge on any atom is -0.342 e. The van der Waals surface area contributed by atoms with E-state index in [2.05, 4.69) is 26.0 Å². The van der Waals surface area contributed by atoms with E-state index in [-0.39, 0.29) is 17.6 Å². The smallest absolute Gasteiger partial charge is 0.192 e. The van der Waals surface area contributed by atoms with Crippen molar-refractivity contribution in [2.75, 3.05) is 0 Å². The molecule has 5 unspecified atom stereocenters. The molecule has 0 aromatic heterocycles. The van der Waals surface area contributed by atoms with Gasteiger partial charge in [0, 0.05) is 5.92 Å². The molecule has 1 spiro atoms. The lowest BCUT2D eigenvalue weighted by atomic mass is 10.00. The van der Waals surface area contributed by atoms with Crippen molar-refractivity contribution in [1.29, 1.82) is 0 Å². The lowest BCUT2D eigenvalue weighted by molar-refractivity contribution is -0.186. The Bertz CT molecular complexity index is 279. The van der Waals surface area contributed by atoms with E-state index in [1.54, 1.807) is 0 Å².